The van der Waals surface area contributed by atoms with E-state index < -0.39 is 5.60 Å². The molecule has 1 N–H and O–H groups in total. The topological polar surface area (TPSA) is 41.6 Å². The van der Waals surface area contributed by atoms with Crippen molar-refractivity contribution in [1.82, 2.24) is 10.2 Å². The lowest BCUT2D eigenvalue weighted by Gasteiger charge is -2.26. The first-order valence-corrected chi connectivity index (χ1v) is 7.02. The van der Waals surface area contributed by atoms with Crippen LogP contribution in [0.3, 0.4) is 0 Å². The quantitative estimate of drug-likeness (QED) is 0.776. The molecule has 18 heavy (non-hydrogen) atoms. The Kier molecular flexibility index (Phi) is 3.70. The summed E-state index contributed by atoms with van der Waals surface area (Å²) >= 11 is 0. The van der Waals surface area contributed by atoms with Gasteiger partial charge in [-0.3, -0.25) is 15.0 Å². The number of rotatable bonds is 4. The summed E-state index contributed by atoms with van der Waals surface area (Å²) in [6.45, 7) is 11.1. The molecule has 0 aromatic rings. The van der Waals surface area contributed by atoms with Crippen LogP contribution in [0.2, 0.25) is 0 Å². The van der Waals surface area contributed by atoms with Crippen molar-refractivity contribution in [2.75, 3.05) is 19.8 Å². The Morgan fingerprint density at radius 2 is 2.11 bits per heavy atom. The highest BCUT2D eigenvalue weighted by atomic mass is 16.6. The summed E-state index contributed by atoms with van der Waals surface area (Å²) in [7, 11) is 0. The summed E-state index contributed by atoms with van der Waals surface area (Å²) < 4.78 is 5.48. The number of carbonyl (C=O) groups is 1. The molecular formula is C14H26N2O2. The van der Waals surface area contributed by atoms with E-state index in [9.17, 15) is 4.79 Å². The van der Waals surface area contributed by atoms with Crippen LogP contribution in [0.15, 0.2) is 0 Å². The van der Waals surface area contributed by atoms with Gasteiger partial charge in [-0.2, -0.15) is 0 Å². The summed E-state index contributed by atoms with van der Waals surface area (Å²) in [4.78, 5) is 14.5. The van der Waals surface area contributed by atoms with Gasteiger partial charge in [-0.25, -0.2) is 0 Å². The molecule has 0 amide bonds. The minimum absolute atomic E-state index is 0.0813. The fourth-order valence-corrected chi connectivity index (χ4v) is 2.39. The zero-order valence-electron chi connectivity index (χ0n) is 12.1. The van der Waals surface area contributed by atoms with Gasteiger partial charge in [0.15, 0.2) is 0 Å². The first-order chi connectivity index (χ1) is 8.31. The summed E-state index contributed by atoms with van der Waals surface area (Å²) in [5.41, 5.74) is -0.782. The van der Waals surface area contributed by atoms with Crippen LogP contribution in [0.25, 0.3) is 0 Å². The van der Waals surface area contributed by atoms with Crippen LogP contribution in [-0.2, 0) is 9.53 Å². The van der Waals surface area contributed by atoms with Gasteiger partial charge in [0.25, 0.3) is 0 Å². The number of nitrogens with zero attached hydrogens (tertiary/aromatic N) is 1. The third kappa shape index (κ3) is 3.45. The zero-order valence-corrected chi connectivity index (χ0v) is 12.1. The summed E-state index contributed by atoms with van der Waals surface area (Å²) in [6, 6.07) is 0. The molecule has 1 saturated heterocycles. The molecule has 0 bridgehead atoms. The monoisotopic (exact) mass is 254 g/mol. The SMILES string of the molecule is CC1CCN(CNC2(C(=O)OC(C)(C)C)CC2)C1. The minimum atomic E-state index is -0.392. The average molecular weight is 254 g/mol. The van der Waals surface area contributed by atoms with Crippen molar-refractivity contribution in [2.24, 2.45) is 5.92 Å². The van der Waals surface area contributed by atoms with Crippen molar-refractivity contribution in [3.8, 4) is 0 Å². The molecule has 1 heterocycles. The van der Waals surface area contributed by atoms with Crippen molar-refractivity contribution in [1.29, 1.82) is 0 Å². The Hall–Kier alpha value is -0.610. The Bertz CT molecular complexity index is 318. The number of esters is 1. The van der Waals surface area contributed by atoms with Crippen molar-refractivity contribution in [3.63, 3.8) is 0 Å². The summed E-state index contributed by atoms with van der Waals surface area (Å²) in [5, 5.41) is 3.41. The second-order valence-corrected chi connectivity index (χ2v) is 6.89. The maximum atomic E-state index is 12.1. The lowest BCUT2D eigenvalue weighted by Crippen LogP contribution is -2.47. The molecule has 1 saturated carbocycles. The van der Waals surface area contributed by atoms with Gasteiger partial charge in [0.2, 0.25) is 0 Å². The lowest BCUT2D eigenvalue weighted by atomic mass is 10.2. The van der Waals surface area contributed by atoms with E-state index in [1.807, 2.05) is 20.8 Å². The number of ether oxygens (including phenoxy) is 1. The molecule has 2 aliphatic rings. The summed E-state index contributed by atoms with van der Waals surface area (Å²) in [6.07, 6.45) is 3.08. The molecule has 2 fully saturated rings. The fourth-order valence-electron chi connectivity index (χ4n) is 2.39. The lowest BCUT2D eigenvalue weighted by molar-refractivity contribution is -0.159. The molecule has 4 heteroatoms. The van der Waals surface area contributed by atoms with E-state index >= 15 is 0 Å². The van der Waals surface area contributed by atoms with E-state index in [2.05, 4.69) is 17.1 Å². The normalized spacial score (nSPS) is 27.2. The molecule has 1 atom stereocenters. The Morgan fingerprint density at radius 1 is 1.44 bits per heavy atom. The predicted molar refractivity (Wildman–Crippen MR) is 71.2 cm³/mol. The van der Waals surface area contributed by atoms with Crippen LogP contribution >= 0.6 is 0 Å². The van der Waals surface area contributed by atoms with Crippen LogP contribution in [-0.4, -0.2) is 41.8 Å². The number of hydrogen-bond acceptors (Lipinski definition) is 4. The van der Waals surface area contributed by atoms with Crippen LogP contribution in [0, 0.1) is 5.92 Å². The van der Waals surface area contributed by atoms with Crippen molar-refractivity contribution >= 4 is 5.97 Å². The first kappa shape index (κ1) is 13.8. The smallest absolute Gasteiger partial charge is 0.326 e. The second-order valence-electron chi connectivity index (χ2n) is 6.89. The zero-order chi connectivity index (χ0) is 13.4. The third-order valence-electron chi connectivity index (χ3n) is 3.69. The van der Waals surface area contributed by atoms with Gasteiger partial charge in [-0.05, 0) is 52.5 Å². The Morgan fingerprint density at radius 3 is 2.56 bits per heavy atom. The van der Waals surface area contributed by atoms with E-state index in [0.717, 1.165) is 38.5 Å². The fraction of sp³-hybridized carbons (Fsp3) is 0.929. The largest absolute Gasteiger partial charge is 0.459 e. The average Bonchev–Trinajstić information content (AvgIpc) is 2.92. The van der Waals surface area contributed by atoms with Gasteiger partial charge in [0.05, 0.1) is 0 Å². The van der Waals surface area contributed by atoms with Crippen LogP contribution in [0.4, 0.5) is 0 Å². The van der Waals surface area contributed by atoms with Gasteiger partial charge in [-0.1, -0.05) is 6.92 Å². The molecule has 2 rings (SSSR count). The molecular weight excluding hydrogens is 228 g/mol. The van der Waals surface area contributed by atoms with E-state index in [-0.39, 0.29) is 11.5 Å². The van der Waals surface area contributed by atoms with Gasteiger partial charge < -0.3 is 4.74 Å². The van der Waals surface area contributed by atoms with Gasteiger partial charge in [0, 0.05) is 13.2 Å². The highest BCUT2D eigenvalue weighted by Gasteiger charge is 2.52. The van der Waals surface area contributed by atoms with E-state index in [1.165, 1.54) is 6.42 Å². The van der Waals surface area contributed by atoms with Crippen LogP contribution < -0.4 is 5.32 Å². The van der Waals surface area contributed by atoms with Gasteiger partial charge in [-0.15, -0.1) is 0 Å². The highest BCUT2D eigenvalue weighted by Crippen LogP contribution is 2.37. The van der Waals surface area contributed by atoms with E-state index in [0.29, 0.717) is 0 Å². The minimum Gasteiger partial charge on any atom is -0.459 e. The standard InChI is InChI=1S/C14H26N2O2/c1-11-5-8-16(9-11)10-15-14(6-7-14)12(17)18-13(2,3)4/h11,15H,5-10H2,1-4H3. The van der Waals surface area contributed by atoms with Crippen molar-refractivity contribution in [2.45, 2.75) is 58.1 Å². The number of likely N-dealkylation sites (tertiary alicyclic amines) is 1. The van der Waals surface area contributed by atoms with E-state index in [4.69, 9.17) is 4.74 Å². The first-order valence-electron chi connectivity index (χ1n) is 7.02. The van der Waals surface area contributed by atoms with Gasteiger partial charge >= 0.3 is 5.97 Å². The number of hydrogen-bond donors (Lipinski definition) is 1. The highest BCUT2D eigenvalue weighted by molar-refractivity contribution is 5.84. The molecule has 104 valence electrons. The van der Waals surface area contributed by atoms with Crippen LogP contribution in [0.1, 0.15) is 47.0 Å². The molecule has 1 unspecified atom stereocenters. The van der Waals surface area contributed by atoms with Crippen molar-refractivity contribution in [3.05, 3.63) is 0 Å². The molecule has 4 nitrogen and oxygen atoms in total. The molecule has 0 spiro atoms. The van der Waals surface area contributed by atoms with Gasteiger partial charge in [0.1, 0.15) is 11.1 Å². The van der Waals surface area contributed by atoms with E-state index in [1.54, 1.807) is 0 Å². The molecule has 0 radical (unpaired) electrons. The Labute approximate surface area is 110 Å². The maximum Gasteiger partial charge on any atom is 0.326 e. The number of carbonyl (C=O) groups excluding carboxylic acids is 1. The van der Waals surface area contributed by atoms with Crippen LogP contribution in [0.5, 0.6) is 0 Å². The molecule has 1 aliphatic carbocycles. The van der Waals surface area contributed by atoms with Crippen molar-refractivity contribution < 1.29 is 9.53 Å². The predicted octanol–water partition coefficient (Wildman–Crippen LogP) is 1.75. The molecule has 0 aromatic heterocycles. The maximum absolute atomic E-state index is 12.1. The summed E-state index contributed by atoms with van der Waals surface area (Å²) in [5.74, 6) is 0.700. The molecule has 1 aliphatic heterocycles. The number of nitrogens with one attached hydrogen (secondary N) is 1. The molecule has 0 aromatic carbocycles. The second kappa shape index (κ2) is 4.82. The third-order valence-corrected chi connectivity index (χ3v) is 3.69. The Balaban J connectivity index is 1.79.